The SMILES string of the molecule is CCCCCCCCCCCCCCCCc1cc(N2CCC2)nc(OC2CCC2)n1. The molecule has 0 aromatic carbocycles. The molecule has 1 aliphatic carbocycles. The predicted octanol–water partition coefficient (Wildman–Crippen LogP) is 7.64. The van der Waals surface area contributed by atoms with Gasteiger partial charge in [-0.3, -0.25) is 0 Å². The molecule has 0 spiro atoms. The minimum atomic E-state index is 0.348. The summed E-state index contributed by atoms with van der Waals surface area (Å²) in [5.41, 5.74) is 1.17. The summed E-state index contributed by atoms with van der Waals surface area (Å²) in [6.45, 7) is 4.54. The quantitative estimate of drug-likeness (QED) is 0.225. The highest BCUT2D eigenvalue weighted by molar-refractivity contribution is 5.43. The van der Waals surface area contributed by atoms with E-state index in [1.807, 2.05) is 0 Å². The van der Waals surface area contributed by atoms with Gasteiger partial charge in [-0.05, 0) is 38.5 Å². The molecule has 31 heavy (non-hydrogen) atoms. The molecule has 1 aromatic heterocycles. The maximum atomic E-state index is 6.03. The van der Waals surface area contributed by atoms with Crippen LogP contribution in [0.5, 0.6) is 6.01 Å². The molecule has 3 rings (SSSR count). The fourth-order valence-electron chi connectivity index (χ4n) is 4.49. The molecule has 1 saturated heterocycles. The minimum absolute atomic E-state index is 0.348. The van der Waals surface area contributed by atoms with Gasteiger partial charge in [0.15, 0.2) is 0 Å². The molecule has 4 nitrogen and oxygen atoms in total. The number of nitrogens with zero attached hydrogens (tertiary/aromatic N) is 3. The van der Waals surface area contributed by atoms with Crippen LogP contribution < -0.4 is 9.64 Å². The number of ether oxygens (including phenoxy) is 1. The highest BCUT2D eigenvalue weighted by atomic mass is 16.5. The van der Waals surface area contributed by atoms with E-state index in [9.17, 15) is 0 Å². The van der Waals surface area contributed by atoms with Gasteiger partial charge in [0, 0.05) is 24.8 Å². The van der Waals surface area contributed by atoms with Crippen LogP contribution in [0.25, 0.3) is 0 Å². The van der Waals surface area contributed by atoms with Gasteiger partial charge in [0.1, 0.15) is 11.9 Å². The van der Waals surface area contributed by atoms with E-state index in [-0.39, 0.29) is 0 Å². The molecule has 0 amide bonds. The zero-order valence-corrected chi connectivity index (χ0v) is 20.3. The predicted molar refractivity (Wildman–Crippen MR) is 131 cm³/mol. The third kappa shape index (κ3) is 9.37. The first-order chi connectivity index (χ1) is 15.3. The van der Waals surface area contributed by atoms with Gasteiger partial charge >= 0.3 is 6.01 Å². The Morgan fingerprint density at radius 1 is 0.774 bits per heavy atom. The first-order valence-electron chi connectivity index (χ1n) is 13.6. The lowest BCUT2D eigenvalue weighted by Gasteiger charge is -2.32. The Morgan fingerprint density at radius 2 is 1.35 bits per heavy atom. The third-order valence-corrected chi connectivity index (χ3v) is 7.04. The third-order valence-electron chi connectivity index (χ3n) is 7.04. The lowest BCUT2D eigenvalue weighted by molar-refractivity contribution is 0.108. The van der Waals surface area contributed by atoms with E-state index in [1.54, 1.807) is 0 Å². The molecule has 2 fully saturated rings. The standard InChI is InChI=1S/C27H47N3O/c1-2-3-4-5-6-7-8-9-10-11-12-13-14-15-18-24-23-26(30-21-17-22-30)29-27(28-24)31-25-19-16-20-25/h23,25H,2-22H2,1H3. The molecule has 0 atom stereocenters. The summed E-state index contributed by atoms with van der Waals surface area (Å²) in [7, 11) is 0. The monoisotopic (exact) mass is 429 g/mol. The summed E-state index contributed by atoms with van der Waals surface area (Å²) >= 11 is 0. The zero-order chi connectivity index (χ0) is 21.6. The first kappa shape index (κ1) is 24.3. The summed E-state index contributed by atoms with van der Waals surface area (Å²) in [4.78, 5) is 11.8. The average molecular weight is 430 g/mol. The number of aromatic nitrogens is 2. The molecule has 176 valence electrons. The van der Waals surface area contributed by atoms with Gasteiger partial charge in [0.25, 0.3) is 0 Å². The van der Waals surface area contributed by atoms with E-state index < -0.39 is 0 Å². The second kappa shape index (κ2) is 14.7. The second-order valence-electron chi connectivity index (χ2n) is 9.86. The van der Waals surface area contributed by atoms with Crippen LogP contribution in [0.1, 0.15) is 128 Å². The van der Waals surface area contributed by atoms with Gasteiger partial charge < -0.3 is 9.64 Å². The zero-order valence-electron chi connectivity index (χ0n) is 20.3. The maximum absolute atomic E-state index is 6.03. The molecule has 2 aliphatic rings. The molecule has 4 heteroatoms. The number of hydrogen-bond acceptors (Lipinski definition) is 4. The summed E-state index contributed by atoms with van der Waals surface area (Å²) in [6, 6.07) is 2.82. The van der Waals surface area contributed by atoms with E-state index in [2.05, 4.69) is 22.9 Å². The molecule has 1 aliphatic heterocycles. The smallest absolute Gasteiger partial charge is 0.318 e. The van der Waals surface area contributed by atoms with E-state index in [0.29, 0.717) is 12.1 Å². The van der Waals surface area contributed by atoms with Gasteiger partial charge in [-0.15, -0.1) is 0 Å². The van der Waals surface area contributed by atoms with Crippen LogP contribution in [-0.2, 0) is 6.42 Å². The molecule has 1 saturated carbocycles. The van der Waals surface area contributed by atoms with Crippen LogP contribution >= 0.6 is 0 Å². The number of aryl methyl sites for hydroxylation is 1. The molecular weight excluding hydrogens is 382 g/mol. The largest absolute Gasteiger partial charge is 0.460 e. The second-order valence-corrected chi connectivity index (χ2v) is 9.86. The van der Waals surface area contributed by atoms with Crippen molar-refractivity contribution in [2.24, 2.45) is 0 Å². The van der Waals surface area contributed by atoms with Crippen molar-refractivity contribution in [1.82, 2.24) is 9.97 Å². The maximum Gasteiger partial charge on any atom is 0.318 e. The summed E-state index contributed by atoms with van der Waals surface area (Å²) in [5.74, 6) is 1.08. The van der Waals surface area contributed by atoms with Gasteiger partial charge in [0.2, 0.25) is 0 Å². The highest BCUT2D eigenvalue weighted by Crippen LogP contribution is 2.26. The molecule has 0 unspecified atom stereocenters. The summed E-state index contributed by atoms with van der Waals surface area (Å²) < 4.78 is 6.03. The average Bonchev–Trinajstić information content (AvgIpc) is 2.70. The van der Waals surface area contributed by atoms with Crippen molar-refractivity contribution in [1.29, 1.82) is 0 Å². The molecule has 1 aromatic rings. The molecule has 0 radical (unpaired) electrons. The van der Waals surface area contributed by atoms with Gasteiger partial charge in [-0.25, -0.2) is 4.98 Å². The van der Waals surface area contributed by atoms with Crippen molar-refractivity contribution in [3.63, 3.8) is 0 Å². The van der Waals surface area contributed by atoms with Crippen LogP contribution in [-0.4, -0.2) is 29.2 Å². The highest BCUT2D eigenvalue weighted by Gasteiger charge is 2.22. The Labute approximate surface area is 191 Å². The Balaban J connectivity index is 1.23. The Hall–Kier alpha value is -1.32. The molecule has 0 bridgehead atoms. The summed E-state index contributed by atoms with van der Waals surface area (Å²) in [6.07, 6.45) is 25.9. The van der Waals surface area contributed by atoms with E-state index >= 15 is 0 Å². The molecular formula is C27H47N3O. The van der Waals surface area contributed by atoms with Crippen LogP contribution in [0.4, 0.5) is 5.82 Å². The van der Waals surface area contributed by atoms with Crippen LogP contribution in [0.15, 0.2) is 6.07 Å². The van der Waals surface area contributed by atoms with Crippen molar-refractivity contribution in [3.8, 4) is 6.01 Å². The first-order valence-corrected chi connectivity index (χ1v) is 13.6. The Kier molecular flexibility index (Phi) is 11.5. The lowest BCUT2D eigenvalue weighted by atomic mass is 9.96. The number of anilines is 1. The number of rotatable bonds is 18. The Morgan fingerprint density at radius 3 is 1.84 bits per heavy atom. The molecule has 2 heterocycles. The molecule has 0 N–H and O–H groups in total. The number of hydrogen-bond donors (Lipinski definition) is 0. The van der Waals surface area contributed by atoms with Crippen molar-refractivity contribution in [2.75, 3.05) is 18.0 Å². The number of unbranched alkanes of at least 4 members (excludes halogenated alkanes) is 13. The minimum Gasteiger partial charge on any atom is -0.460 e. The lowest BCUT2D eigenvalue weighted by Crippen LogP contribution is -2.38. The van der Waals surface area contributed by atoms with E-state index in [1.165, 1.54) is 108 Å². The normalized spacial score (nSPS) is 16.2. The van der Waals surface area contributed by atoms with Crippen molar-refractivity contribution >= 4 is 5.82 Å². The summed E-state index contributed by atoms with van der Waals surface area (Å²) in [5, 5.41) is 0. The van der Waals surface area contributed by atoms with Crippen molar-refractivity contribution in [2.45, 2.75) is 135 Å². The van der Waals surface area contributed by atoms with Gasteiger partial charge in [-0.2, -0.15) is 4.98 Å². The van der Waals surface area contributed by atoms with Crippen LogP contribution in [0, 0.1) is 0 Å². The van der Waals surface area contributed by atoms with Crippen LogP contribution in [0.3, 0.4) is 0 Å². The van der Waals surface area contributed by atoms with Gasteiger partial charge in [-0.1, -0.05) is 90.4 Å². The Bertz CT molecular complexity index is 598. The van der Waals surface area contributed by atoms with Gasteiger partial charge in [0.05, 0.1) is 0 Å². The van der Waals surface area contributed by atoms with E-state index in [0.717, 1.165) is 38.2 Å². The fourth-order valence-corrected chi connectivity index (χ4v) is 4.49. The van der Waals surface area contributed by atoms with Crippen molar-refractivity contribution < 1.29 is 4.74 Å². The fraction of sp³-hybridized carbons (Fsp3) is 0.852. The van der Waals surface area contributed by atoms with Crippen LogP contribution in [0.2, 0.25) is 0 Å². The van der Waals surface area contributed by atoms with E-state index in [4.69, 9.17) is 9.72 Å². The van der Waals surface area contributed by atoms with Crippen molar-refractivity contribution in [3.05, 3.63) is 11.8 Å². The topological polar surface area (TPSA) is 38.2 Å².